The van der Waals surface area contributed by atoms with Crippen LogP contribution in [0, 0.1) is 0 Å². The Labute approximate surface area is 169 Å². The zero-order valence-corrected chi connectivity index (χ0v) is 17.6. The highest BCUT2D eigenvalue weighted by Gasteiger charge is 2.32. The molecule has 4 rings (SSSR count). The third-order valence-electron chi connectivity index (χ3n) is 5.57. The average molecular weight is 421 g/mol. The Morgan fingerprint density at radius 3 is 2.54 bits per heavy atom. The van der Waals surface area contributed by atoms with Crippen molar-refractivity contribution in [3.05, 3.63) is 39.9 Å². The number of rotatable bonds is 4. The minimum atomic E-state index is -3.54. The number of sulfonamides is 1. The van der Waals surface area contributed by atoms with Gasteiger partial charge in [0.25, 0.3) is 5.91 Å². The molecule has 1 aliphatic heterocycles. The van der Waals surface area contributed by atoms with Gasteiger partial charge in [-0.2, -0.15) is 4.31 Å². The van der Waals surface area contributed by atoms with Gasteiger partial charge in [0, 0.05) is 26.2 Å². The summed E-state index contributed by atoms with van der Waals surface area (Å²) in [5, 5.41) is 3.99. The summed E-state index contributed by atoms with van der Waals surface area (Å²) in [6, 6.07) is 5.54. The van der Waals surface area contributed by atoms with Crippen LogP contribution >= 0.6 is 11.5 Å². The molecule has 1 aromatic carbocycles. The van der Waals surface area contributed by atoms with Crippen LogP contribution in [-0.2, 0) is 29.3 Å². The molecule has 1 amide bonds. The molecular weight excluding hydrogens is 396 g/mol. The van der Waals surface area contributed by atoms with Crippen LogP contribution in [0.5, 0.6) is 0 Å². The maximum atomic E-state index is 13.1. The molecule has 1 aromatic heterocycles. The van der Waals surface area contributed by atoms with E-state index in [0.717, 1.165) is 36.4 Å². The van der Waals surface area contributed by atoms with Gasteiger partial charge in [0.05, 0.1) is 10.6 Å². The van der Waals surface area contributed by atoms with E-state index in [2.05, 4.69) is 9.59 Å². The molecule has 2 aromatic rings. The fourth-order valence-corrected chi connectivity index (χ4v) is 6.09. The summed E-state index contributed by atoms with van der Waals surface area (Å²) in [4.78, 5) is 15.3. The largest absolute Gasteiger partial charge is 0.335 e. The molecule has 0 spiro atoms. The minimum Gasteiger partial charge on any atom is -0.335 e. The number of carbonyl (C=O) groups excluding carboxylic acids is 1. The number of aryl methyl sites for hydroxylation is 3. The van der Waals surface area contributed by atoms with Crippen LogP contribution in [0.3, 0.4) is 0 Å². The molecule has 9 heteroatoms. The van der Waals surface area contributed by atoms with E-state index in [-0.39, 0.29) is 5.91 Å². The molecule has 1 fully saturated rings. The molecule has 150 valence electrons. The smallest absolute Gasteiger partial charge is 0.267 e. The number of hydrogen-bond donors (Lipinski definition) is 0. The van der Waals surface area contributed by atoms with E-state index in [4.69, 9.17) is 0 Å². The molecule has 1 saturated heterocycles. The zero-order valence-electron chi connectivity index (χ0n) is 15.9. The molecular formula is C19H24N4O3S2. The summed E-state index contributed by atoms with van der Waals surface area (Å²) in [7, 11) is -3.54. The Bertz CT molecular complexity index is 979. The molecule has 0 unspecified atom stereocenters. The predicted molar refractivity (Wildman–Crippen MR) is 107 cm³/mol. The van der Waals surface area contributed by atoms with E-state index in [0.29, 0.717) is 48.1 Å². The number of nitrogens with zero attached hydrogens (tertiary/aromatic N) is 4. The number of aromatic nitrogens is 2. The Balaban J connectivity index is 1.46. The summed E-state index contributed by atoms with van der Waals surface area (Å²) in [5.41, 5.74) is 3.13. The van der Waals surface area contributed by atoms with Gasteiger partial charge in [-0.25, -0.2) is 8.42 Å². The number of amides is 1. The lowest BCUT2D eigenvalue weighted by Crippen LogP contribution is -2.50. The number of piperazine rings is 1. The van der Waals surface area contributed by atoms with Crippen LogP contribution in [0.25, 0.3) is 0 Å². The SMILES string of the molecule is CCc1nnsc1C(=O)N1CCN(S(=O)(=O)c2ccc3c(c2)CCCC3)CC1. The fourth-order valence-electron chi connectivity index (χ4n) is 3.90. The van der Waals surface area contributed by atoms with Crippen molar-refractivity contribution in [2.45, 2.75) is 43.9 Å². The Kier molecular flexibility index (Phi) is 5.48. The van der Waals surface area contributed by atoms with E-state index in [1.54, 1.807) is 11.0 Å². The van der Waals surface area contributed by atoms with Crippen LogP contribution in [-0.4, -0.2) is 59.3 Å². The van der Waals surface area contributed by atoms with Crippen LogP contribution < -0.4 is 0 Å². The zero-order chi connectivity index (χ0) is 19.7. The van der Waals surface area contributed by atoms with Crippen molar-refractivity contribution in [3.63, 3.8) is 0 Å². The maximum Gasteiger partial charge on any atom is 0.267 e. The van der Waals surface area contributed by atoms with E-state index < -0.39 is 10.0 Å². The molecule has 2 heterocycles. The van der Waals surface area contributed by atoms with Crippen LogP contribution in [0.2, 0.25) is 0 Å². The maximum absolute atomic E-state index is 13.1. The van der Waals surface area contributed by atoms with E-state index in [1.807, 2.05) is 19.1 Å². The van der Waals surface area contributed by atoms with E-state index in [9.17, 15) is 13.2 Å². The summed E-state index contributed by atoms with van der Waals surface area (Å²) in [5.74, 6) is -0.0994. The average Bonchev–Trinajstić information content (AvgIpc) is 3.22. The Morgan fingerprint density at radius 1 is 1.11 bits per heavy atom. The predicted octanol–water partition coefficient (Wildman–Crippen LogP) is 2.13. The Hall–Kier alpha value is -1.84. The highest BCUT2D eigenvalue weighted by Crippen LogP contribution is 2.26. The molecule has 0 radical (unpaired) electrons. The van der Waals surface area contributed by atoms with Crippen LogP contribution in [0.15, 0.2) is 23.1 Å². The monoisotopic (exact) mass is 420 g/mol. The fraction of sp³-hybridized carbons (Fsp3) is 0.526. The quantitative estimate of drug-likeness (QED) is 0.757. The first-order chi connectivity index (χ1) is 13.5. The Morgan fingerprint density at radius 2 is 1.82 bits per heavy atom. The first kappa shape index (κ1) is 19.5. The van der Waals surface area contributed by atoms with Gasteiger partial charge in [-0.05, 0) is 66.9 Å². The van der Waals surface area contributed by atoms with Gasteiger partial charge in [0.1, 0.15) is 4.88 Å². The molecule has 0 saturated carbocycles. The summed E-state index contributed by atoms with van der Waals surface area (Å²) < 4.78 is 31.5. The number of fused-ring (bicyclic) bond motifs is 1. The molecule has 7 nitrogen and oxygen atoms in total. The van der Waals surface area contributed by atoms with Crippen molar-refractivity contribution < 1.29 is 13.2 Å². The lowest BCUT2D eigenvalue weighted by atomic mass is 9.92. The van der Waals surface area contributed by atoms with Gasteiger partial charge < -0.3 is 4.90 Å². The van der Waals surface area contributed by atoms with E-state index >= 15 is 0 Å². The number of carbonyl (C=O) groups is 1. The summed E-state index contributed by atoms with van der Waals surface area (Å²) in [6.07, 6.45) is 4.92. The van der Waals surface area contributed by atoms with Crippen LogP contribution in [0.1, 0.15) is 46.3 Å². The topological polar surface area (TPSA) is 83.5 Å². The standard InChI is InChI=1S/C19H24N4O3S2/c1-2-17-18(27-21-20-17)19(24)22-9-11-23(12-10-22)28(25,26)16-8-7-14-5-3-4-6-15(14)13-16/h7-8,13H,2-6,9-12H2,1H3. The second kappa shape index (κ2) is 7.88. The van der Waals surface area contributed by atoms with E-state index in [1.165, 1.54) is 16.3 Å². The second-order valence-corrected chi connectivity index (χ2v) is 9.93. The van der Waals surface area contributed by atoms with Gasteiger partial charge in [-0.1, -0.05) is 17.5 Å². The second-order valence-electron chi connectivity index (χ2n) is 7.24. The molecule has 0 atom stereocenters. The molecule has 1 aliphatic carbocycles. The van der Waals surface area contributed by atoms with Gasteiger partial charge in [-0.15, -0.1) is 5.10 Å². The van der Waals surface area contributed by atoms with Crippen molar-refractivity contribution in [2.24, 2.45) is 0 Å². The lowest BCUT2D eigenvalue weighted by Gasteiger charge is -2.34. The molecule has 28 heavy (non-hydrogen) atoms. The first-order valence-electron chi connectivity index (χ1n) is 9.73. The normalized spacial score (nSPS) is 18.1. The molecule has 0 N–H and O–H groups in total. The van der Waals surface area contributed by atoms with Crippen LogP contribution in [0.4, 0.5) is 0 Å². The van der Waals surface area contributed by atoms with Crippen molar-refractivity contribution in [3.8, 4) is 0 Å². The summed E-state index contributed by atoms with van der Waals surface area (Å²) in [6.45, 7) is 3.31. The van der Waals surface area contributed by atoms with Crippen molar-refractivity contribution in [1.82, 2.24) is 18.8 Å². The third kappa shape index (κ3) is 3.58. The van der Waals surface area contributed by atoms with Crippen molar-refractivity contribution in [2.75, 3.05) is 26.2 Å². The van der Waals surface area contributed by atoms with Gasteiger partial charge in [-0.3, -0.25) is 4.79 Å². The van der Waals surface area contributed by atoms with Gasteiger partial charge in [0.15, 0.2) is 0 Å². The van der Waals surface area contributed by atoms with Crippen molar-refractivity contribution >= 4 is 27.5 Å². The molecule has 0 bridgehead atoms. The van der Waals surface area contributed by atoms with Gasteiger partial charge >= 0.3 is 0 Å². The highest BCUT2D eigenvalue weighted by atomic mass is 32.2. The third-order valence-corrected chi connectivity index (χ3v) is 8.22. The summed E-state index contributed by atoms with van der Waals surface area (Å²) >= 11 is 1.11. The number of hydrogen-bond acceptors (Lipinski definition) is 6. The highest BCUT2D eigenvalue weighted by molar-refractivity contribution is 7.89. The van der Waals surface area contributed by atoms with Crippen molar-refractivity contribution in [1.29, 1.82) is 0 Å². The molecule has 2 aliphatic rings. The lowest BCUT2D eigenvalue weighted by molar-refractivity contribution is 0.0701. The first-order valence-corrected chi connectivity index (χ1v) is 11.9. The number of benzene rings is 1. The minimum absolute atomic E-state index is 0.0994. The van der Waals surface area contributed by atoms with Gasteiger partial charge in [0.2, 0.25) is 10.0 Å².